The largest absolute Gasteiger partial charge is 0.462 e. The molecule has 1 aromatic heterocycles. The van der Waals surface area contributed by atoms with Crippen LogP contribution in [-0.2, 0) is 4.74 Å². The van der Waals surface area contributed by atoms with Crippen molar-refractivity contribution in [1.82, 2.24) is 4.98 Å². The van der Waals surface area contributed by atoms with Crippen LogP contribution in [0.2, 0.25) is 0 Å². The fourth-order valence-electron chi connectivity index (χ4n) is 1.61. The number of aromatic nitrogens is 1. The molecule has 0 saturated carbocycles. The van der Waals surface area contributed by atoms with Gasteiger partial charge in [-0.25, -0.2) is 9.78 Å². The van der Waals surface area contributed by atoms with Crippen LogP contribution in [-0.4, -0.2) is 17.6 Å². The number of nitrogens with two attached hydrogens (primary N) is 1. The number of hydrogen-bond acceptors (Lipinski definition) is 6. The monoisotopic (exact) mass is 277 g/mol. The molecule has 0 bridgehead atoms. The Morgan fingerprint density at radius 3 is 2.95 bits per heavy atom. The average molecular weight is 277 g/mol. The minimum Gasteiger partial charge on any atom is -0.462 e. The van der Waals surface area contributed by atoms with Crippen LogP contribution in [0.5, 0.6) is 0 Å². The molecule has 1 heterocycles. The topological polar surface area (TPSA) is 77.2 Å². The lowest BCUT2D eigenvalue weighted by molar-refractivity contribution is 0.0527. The number of carbonyl (C=O) groups is 1. The van der Waals surface area contributed by atoms with Gasteiger partial charge in [0.25, 0.3) is 0 Å². The van der Waals surface area contributed by atoms with E-state index in [9.17, 15) is 4.79 Å². The van der Waals surface area contributed by atoms with E-state index in [1.807, 2.05) is 12.3 Å². The molecule has 0 aliphatic heterocycles. The zero-order valence-electron chi connectivity index (χ0n) is 10.8. The first-order valence-electron chi connectivity index (χ1n) is 5.86. The fourth-order valence-corrected chi connectivity index (χ4v) is 2.30. The molecule has 2 aromatic rings. The lowest BCUT2D eigenvalue weighted by Crippen LogP contribution is -2.09. The summed E-state index contributed by atoms with van der Waals surface area (Å²) < 4.78 is 5.02. The van der Waals surface area contributed by atoms with E-state index in [1.165, 1.54) is 11.3 Å². The molecule has 0 amide bonds. The lowest BCUT2D eigenvalue weighted by Gasteiger charge is -2.11. The molecule has 0 saturated heterocycles. The summed E-state index contributed by atoms with van der Waals surface area (Å²) in [5, 5.41) is 5.70. The fraction of sp³-hybridized carbons (Fsp3) is 0.231. The summed E-state index contributed by atoms with van der Waals surface area (Å²) in [6, 6.07) is 5.13. The summed E-state index contributed by atoms with van der Waals surface area (Å²) in [5.74, 6) is -0.398. The second kappa shape index (κ2) is 5.71. The molecule has 19 heavy (non-hydrogen) atoms. The standard InChI is InChI=1S/C13H15N3O2S/c1-3-18-12(17)9-5-4-6-10(14)11(9)16-13-15-8(2)7-19-13/h4-7H,3,14H2,1-2H3,(H,15,16). The molecule has 6 heteroatoms. The van der Waals surface area contributed by atoms with E-state index in [4.69, 9.17) is 10.5 Å². The molecule has 0 aliphatic carbocycles. The first kappa shape index (κ1) is 13.4. The summed E-state index contributed by atoms with van der Waals surface area (Å²) in [6.45, 7) is 3.99. The molecule has 0 unspecified atom stereocenters. The van der Waals surface area contributed by atoms with Gasteiger partial charge in [-0.15, -0.1) is 11.3 Å². The Balaban J connectivity index is 2.35. The van der Waals surface area contributed by atoms with Crippen molar-refractivity contribution in [3.05, 3.63) is 34.8 Å². The third-order valence-corrected chi connectivity index (χ3v) is 3.32. The van der Waals surface area contributed by atoms with Crippen molar-refractivity contribution in [2.24, 2.45) is 0 Å². The normalized spacial score (nSPS) is 10.2. The maximum atomic E-state index is 11.9. The van der Waals surface area contributed by atoms with Gasteiger partial charge in [0.2, 0.25) is 0 Å². The van der Waals surface area contributed by atoms with Gasteiger partial charge in [0.05, 0.1) is 29.2 Å². The first-order valence-corrected chi connectivity index (χ1v) is 6.74. The molecule has 3 N–H and O–H groups in total. The van der Waals surface area contributed by atoms with Gasteiger partial charge in [-0.1, -0.05) is 6.07 Å². The number of hydrogen-bond donors (Lipinski definition) is 2. The highest BCUT2D eigenvalue weighted by atomic mass is 32.1. The number of ether oxygens (including phenoxy) is 1. The van der Waals surface area contributed by atoms with Crippen LogP contribution < -0.4 is 11.1 Å². The third-order valence-electron chi connectivity index (χ3n) is 2.44. The Morgan fingerprint density at radius 1 is 1.53 bits per heavy atom. The van der Waals surface area contributed by atoms with Gasteiger partial charge in [-0.2, -0.15) is 0 Å². The van der Waals surface area contributed by atoms with Crippen LogP contribution in [0, 0.1) is 6.92 Å². The molecule has 0 aliphatic rings. The van der Waals surface area contributed by atoms with Crippen molar-refractivity contribution < 1.29 is 9.53 Å². The molecule has 100 valence electrons. The number of benzene rings is 1. The molecule has 5 nitrogen and oxygen atoms in total. The Hall–Kier alpha value is -2.08. The van der Waals surface area contributed by atoms with E-state index in [2.05, 4.69) is 10.3 Å². The maximum absolute atomic E-state index is 11.9. The van der Waals surface area contributed by atoms with Gasteiger partial charge in [0.15, 0.2) is 5.13 Å². The van der Waals surface area contributed by atoms with Crippen LogP contribution >= 0.6 is 11.3 Å². The number of carbonyl (C=O) groups excluding carboxylic acids is 1. The molecule has 2 rings (SSSR count). The number of thiazole rings is 1. The minimum absolute atomic E-state index is 0.323. The van der Waals surface area contributed by atoms with Gasteiger partial charge < -0.3 is 15.8 Å². The van der Waals surface area contributed by atoms with Crippen LogP contribution in [0.1, 0.15) is 23.0 Å². The number of esters is 1. The summed E-state index contributed by atoms with van der Waals surface area (Å²) in [4.78, 5) is 16.2. The van der Waals surface area contributed by atoms with Crippen molar-refractivity contribution in [2.75, 3.05) is 17.7 Å². The van der Waals surface area contributed by atoms with E-state index < -0.39 is 5.97 Å². The smallest absolute Gasteiger partial charge is 0.340 e. The Morgan fingerprint density at radius 2 is 2.32 bits per heavy atom. The minimum atomic E-state index is -0.398. The van der Waals surface area contributed by atoms with Gasteiger partial charge in [-0.05, 0) is 26.0 Å². The van der Waals surface area contributed by atoms with Crippen LogP contribution in [0.4, 0.5) is 16.5 Å². The SMILES string of the molecule is CCOC(=O)c1cccc(N)c1Nc1nc(C)cs1. The van der Waals surface area contributed by atoms with Crippen molar-refractivity contribution >= 4 is 33.8 Å². The van der Waals surface area contributed by atoms with Crippen LogP contribution in [0.25, 0.3) is 0 Å². The predicted molar refractivity (Wildman–Crippen MR) is 76.9 cm³/mol. The summed E-state index contributed by atoms with van der Waals surface area (Å²) in [6.07, 6.45) is 0. The number of rotatable bonds is 4. The van der Waals surface area contributed by atoms with Crippen molar-refractivity contribution in [3.63, 3.8) is 0 Å². The van der Waals surface area contributed by atoms with Crippen molar-refractivity contribution in [1.29, 1.82) is 0 Å². The zero-order valence-corrected chi connectivity index (χ0v) is 11.6. The highest BCUT2D eigenvalue weighted by Crippen LogP contribution is 2.29. The maximum Gasteiger partial charge on any atom is 0.340 e. The van der Waals surface area contributed by atoms with E-state index in [0.29, 0.717) is 28.7 Å². The van der Waals surface area contributed by atoms with Crippen molar-refractivity contribution in [2.45, 2.75) is 13.8 Å². The number of nitrogen functional groups attached to an aromatic ring is 1. The van der Waals surface area contributed by atoms with E-state index in [1.54, 1.807) is 25.1 Å². The molecule has 0 fully saturated rings. The Kier molecular flexibility index (Phi) is 4.01. The van der Waals surface area contributed by atoms with Gasteiger partial charge >= 0.3 is 5.97 Å². The average Bonchev–Trinajstić information content (AvgIpc) is 2.78. The van der Waals surface area contributed by atoms with E-state index >= 15 is 0 Å². The van der Waals surface area contributed by atoms with Gasteiger partial charge in [0.1, 0.15) is 0 Å². The number of para-hydroxylation sites is 1. The second-order valence-electron chi connectivity index (χ2n) is 3.91. The quantitative estimate of drug-likeness (QED) is 0.663. The number of anilines is 3. The van der Waals surface area contributed by atoms with Crippen LogP contribution in [0.3, 0.4) is 0 Å². The summed E-state index contributed by atoms with van der Waals surface area (Å²) >= 11 is 1.46. The summed E-state index contributed by atoms with van der Waals surface area (Å²) in [5.41, 5.74) is 8.27. The third kappa shape index (κ3) is 3.03. The highest BCUT2D eigenvalue weighted by Gasteiger charge is 2.15. The lowest BCUT2D eigenvalue weighted by atomic mass is 10.1. The predicted octanol–water partition coefficient (Wildman–Crippen LogP) is 2.95. The van der Waals surface area contributed by atoms with E-state index in [0.717, 1.165) is 5.69 Å². The molecule has 1 aromatic carbocycles. The second-order valence-corrected chi connectivity index (χ2v) is 4.77. The number of nitrogens with zero attached hydrogens (tertiary/aromatic N) is 1. The van der Waals surface area contributed by atoms with E-state index in [-0.39, 0.29) is 0 Å². The zero-order chi connectivity index (χ0) is 13.8. The van der Waals surface area contributed by atoms with Crippen LogP contribution in [0.15, 0.2) is 23.6 Å². The molecule has 0 atom stereocenters. The molecular weight excluding hydrogens is 262 g/mol. The number of aryl methyl sites for hydroxylation is 1. The molecule has 0 spiro atoms. The van der Waals surface area contributed by atoms with Gasteiger partial charge in [0, 0.05) is 5.38 Å². The molecule has 0 radical (unpaired) electrons. The Labute approximate surface area is 115 Å². The number of nitrogens with one attached hydrogen (secondary N) is 1. The van der Waals surface area contributed by atoms with Crippen molar-refractivity contribution in [3.8, 4) is 0 Å². The molecular formula is C13H15N3O2S. The Bertz CT molecular complexity index is 595. The van der Waals surface area contributed by atoms with Gasteiger partial charge in [-0.3, -0.25) is 0 Å². The highest BCUT2D eigenvalue weighted by molar-refractivity contribution is 7.13. The summed E-state index contributed by atoms with van der Waals surface area (Å²) in [7, 11) is 0. The first-order chi connectivity index (χ1) is 9.11.